The Kier molecular flexibility index (Phi) is 5.43. The lowest BCUT2D eigenvalue weighted by Gasteiger charge is -2.18. The molecule has 2 rings (SSSR count). The van der Waals surface area contributed by atoms with Gasteiger partial charge < -0.3 is 9.73 Å². The fraction of sp³-hybridized carbons (Fsp3) is 0.533. The third-order valence-electron chi connectivity index (χ3n) is 3.32. The van der Waals surface area contributed by atoms with Gasteiger partial charge in [0.25, 0.3) is 0 Å². The van der Waals surface area contributed by atoms with Gasteiger partial charge in [-0.15, -0.1) is 0 Å². The third-order valence-corrected chi connectivity index (χ3v) is 3.98. The van der Waals surface area contributed by atoms with Gasteiger partial charge in [0.05, 0.1) is 22.1 Å². The molecule has 20 heavy (non-hydrogen) atoms. The maximum absolute atomic E-state index is 5.67. The van der Waals surface area contributed by atoms with Gasteiger partial charge in [-0.3, -0.25) is 4.68 Å². The summed E-state index contributed by atoms with van der Waals surface area (Å²) in [7, 11) is 0. The molecule has 5 heteroatoms. The van der Waals surface area contributed by atoms with Crippen LogP contribution < -0.4 is 5.32 Å². The van der Waals surface area contributed by atoms with E-state index in [9.17, 15) is 0 Å². The first kappa shape index (κ1) is 15.3. The molecule has 0 amide bonds. The molecule has 0 fully saturated rings. The zero-order valence-electron chi connectivity index (χ0n) is 12.3. The monoisotopic (exact) mass is 339 g/mol. The fourth-order valence-electron chi connectivity index (χ4n) is 2.28. The van der Waals surface area contributed by atoms with E-state index >= 15 is 0 Å². The summed E-state index contributed by atoms with van der Waals surface area (Å²) in [6.07, 6.45) is 3.74. The first-order valence-electron chi connectivity index (χ1n) is 7.24. The second-order valence-electron chi connectivity index (χ2n) is 4.75. The van der Waals surface area contributed by atoms with Crippen LogP contribution in [-0.4, -0.2) is 16.3 Å². The van der Waals surface area contributed by atoms with Crippen molar-refractivity contribution >= 4 is 15.9 Å². The maximum Gasteiger partial charge on any atom is 0.140 e. The van der Waals surface area contributed by atoms with E-state index in [0.717, 1.165) is 47.6 Å². The van der Waals surface area contributed by atoms with Crippen molar-refractivity contribution in [1.29, 1.82) is 0 Å². The lowest BCUT2D eigenvalue weighted by atomic mass is 10.1. The van der Waals surface area contributed by atoms with Crippen molar-refractivity contribution in [3.05, 3.63) is 40.0 Å². The van der Waals surface area contributed by atoms with E-state index in [4.69, 9.17) is 4.42 Å². The molecule has 0 aliphatic rings. The smallest absolute Gasteiger partial charge is 0.140 e. The summed E-state index contributed by atoms with van der Waals surface area (Å²) in [4.78, 5) is 0. The molecular weight excluding hydrogens is 318 g/mol. The number of hydrogen-bond acceptors (Lipinski definition) is 3. The molecule has 0 aromatic carbocycles. The Balaban J connectivity index is 2.40. The minimum absolute atomic E-state index is 0.0343. The number of nitrogens with zero attached hydrogens (tertiary/aromatic N) is 2. The average Bonchev–Trinajstić information content (AvgIpc) is 3.06. The fourth-order valence-corrected chi connectivity index (χ4v) is 2.71. The predicted octanol–water partition coefficient (Wildman–Crippen LogP) is 3.91. The first-order valence-corrected chi connectivity index (χ1v) is 8.03. The highest BCUT2D eigenvalue weighted by Crippen LogP contribution is 2.30. The molecule has 2 aromatic heterocycles. The molecule has 1 N–H and O–H groups in total. The van der Waals surface area contributed by atoms with Crippen molar-refractivity contribution in [2.45, 2.75) is 46.2 Å². The van der Waals surface area contributed by atoms with Crippen LogP contribution in [0.2, 0.25) is 0 Å². The summed E-state index contributed by atoms with van der Waals surface area (Å²) in [5.41, 5.74) is 2.28. The third kappa shape index (κ3) is 3.15. The Morgan fingerprint density at radius 3 is 2.75 bits per heavy atom. The molecule has 2 heterocycles. The normalized spacial score (nSPS) is 12.8. The Bertz CT molecular complexity index is 547. The number of furan rings is 1. The Morgan fingerprint density at radius 1 is 1.40 bits per heavy atom. The van der Waals surface area contributed by atoms with Gasteiger partial charge in [-0.05, 0) is 54.4 Å². The van der Waals surface area contributed by atoms with E-state index in [1.807, 2.05) is 6.07 Å². The molecule has 4 nitrogen and oxygen atoms in total. The van der Waals surface area contributed by atoms with Crippen molar-refractivity contribution in [1.82, 2.24) is 15.1 Å². The van der Waals surface area contributed by atoms with Crippen molar-refractivity contribution in [3.63, 3.8) is 0 Å². The second-order valence-corrected chi connectivity index (χ2v) is 5.60. The molecule has 0 bridgehead atoms. The first-order chi connectivity index (χ1) is 9.71. The zero-order chi connectivity index (χ0) is 14.5. The van der Waals surface area contributed by atoms with Crippen LogP contribution in [0, 0.1) is 0 Å². The largest absolute Gasteiger partial charge is 0.466 e. The summed E-state index contributed by atoms with van der Waals surface area (Å²) in [6.45, 7) is 8.20. The van der Waals surface area contributed by atoms with E-state index < -0.39 is 0 Å². The summed E-state index contributed by atoms with van der Waals surface area (Å²) < 4.78 is 8.72. The van der Waals surface area contributed by atoms with Crippen LogP contribution in [0.4, 0.5) is 0 Å². The van der Waals surface area contributed by atoms with Gasteiger partial charge in [0, 0.05) is 6.54 Å². The molecule has 2 aromatic rings. The van der Waals surface area contributed by atoms with E-state index in [2.05, 4.69) is 57.9 Å². The SMILES string of the molecule is CCCNC(c1occc1Br)c1cc(CC)nn1CC. The van der Waals surface area contributed by atoms with Crippen LogP contribution in [0.5, 0.6) is 0 Å². The highest BCUT2D eigenvalue weighted by Gasteiger charge is 2.23. The number of aryl methyl sites for hydroxylation is 2. The highest BCUT2D eigenvalue weighted by molar-refractivity contribution is 9.10. The van der Waals surface area contributed by atoms with Crippen LogP contribution in [-0.2, 0) is 13.0 Å². The highest BCUT2D eigenvalue weighted by atomic mass is 79.9. The topological polar surface area (TPSA) is 43.0 Å². The van der Waals surface area contributed by atoms with Gasteiger partial charge in [-0.25, -0.2) is 0 Å². The van der Waals surface area contributed by atoms with E-state index in [1.165, 1.54) is 0 Å². The standard InChI is InChI=1S/C15H22BrN3O/c1-4-8-17-14(15-12(16)7-9-20-15)13-10-11(5-2)18-19(13)6-3/h7,9-10,14,17H,4-6,8H2,1-3H3. The molecule has 0 spiro atoms. The number of rotatable bonds is 7. The van der Waals surface area contributed by atoms with Gasteiger partial charge in [-0.1, -0.05) is 13.8 Å². The molecule has 0 radical (unpaired) electrons. The van der Waals surface area contributed by atoms with E-state index in [0.29, 0.717) is 0 Å². The lowest BCUT2D eigenvalue weighted by Crippen LogP contribution is -2.25. The van der Waals surface area contributed by atoms with Gasteiger partial charge in [0.2, 0.25) is 0 Å². The maximum atomic E-state index is 5.67. The van der Waals surface area contributed by atoms with Gasteiger partial charge in [0.15, 0.2) is 0 Å². The van der Waals surface area contributed by atoms with Crippen LogP contribution >= 0.6 is 15.9 Å². The summed E-state index contributed by atoms with van der Waals surface area (Å²) in [6, 6.07) is 4.14. The zero-order valence-corrected chi connectivity index (χ0v) is 13.9. The molecule has 1 unspecified atom stereocenters. The Morgan fingerprint density at radius 2 is 2.20 bits per heavy atom. The van der Waals surface area contributed by atoms with Crippen molar-refractivity contribution in [2.24, 2.45) is 0 Å². The molecule has 0 aliphatic carbocycles. The van der Waals surface area contributed by atoms with Crippen molar-refractivity contribution in [3.8, 4) is 0 Å². The van der Waals surface area contributed by atoms with Crippen molar-refractivity contribution < 1.29 is 4.42 Å². The molecular formula is C15H22BrN3O. The van der Waals surface area contributed by atoms with Crippen LogP contribution in [0.1, 0.15) is 50.4 Å². The molecule has 0 saturated heterocycles. The number of halogens is 1. The Hall–Kier alpha value is -1.07. The van der Waals surface area contributed by atoms with Crippen LogP contribution in [0.3, 0.4) is 0 Å². The minimum Gasteiger partial charge on any atom is -0.466 e. The van der Waals surface area contributed by atoms with Gasteiger partial charge in [0.1, 0.15) is 11.8 Å². The van der Waals surface area contributed by atoms with Crippen molar-refractivity contribution in [2.75, 3.05) is 6.54 Å². The predicted molar refractivity (Wildman–Crippen MR) is 83.8 cm³/mol. The lowest BCUT2D eigenvalue weighted by molar-refractivity contribution is 0.425. The average molecular weight is 340 g/mol. The van der Waals surface area contributed by atoms with Gasteiger partial charge in [-0.2, -0.15) is 5.10 Å². The Labute approximate surface area is 128 Å². The quantitative estimate of drug-likeness (QED) is 0.831. The van der Waals surface area contributed by atoms with E-state index in [1.54, 1.807) is 6.26 Å². The minimum atomic E-state index is 0.0343. The number of aromatic nitrogens is 2. The summed E-state index contributed by atoms with van der Waals surface area (Å²) in [5, 5.41) is 8.19. The molecule has 0 saturated carbocycles. The number of nitrogens with one attached hydrogen (secondary N) is 1. The number of hydrogen-bond donors (Lipinski definition) is 1. The van der Waals surface area contributed by atoms with E-state index in [-0.39, 0.29) is 6.04 Å². The van der Waals surface area contributed by atoms with Gasteiger partial charge >= 0.3 is 0 Å². The second kappa shape index (κ2) is 7.09. The van der Waals surface area contributed by atoms with Crippen LogP contribution in [0.25, 0.3) is 0 Å². The van der Waals surface area contributed by atoms with Crippen LogP contribution in [0.15, 0.2) is 27.3 Å². The molecule has 0 aliphatic heterocycles. The summed E-state index contributed by atoms with van der Waals surface area (Å²) >= 11 is 3.56. The summed E-state index contributed by atoms with van der Waals surface area (Å²) in [5.74, 6) is 0.913. The molecule has 1 atom stereocenters. The molecule has 110 valence electrons.